The van der Waals surface area contributed by atoms with Gasteiger partial charge < -0.3 is 0 Å². The maximum atomic E-state index is 5.92. The van der Waals surface area contributed by atoms with Gasteiger partial charge in [-0.15, -0.1) is 0 Å². The van der Waals surface area contributed by atoms with Gasteiger partial charge in [0.25, 0.3) is 0 Å². The summed E-state index contributed by atoms with van der Waals surface area (Å²) in [5.41, 5.74) is 0.880. The maximum Gasteiger partial charge on any atom is 0.153 e. The summed E-state index contributed by atoms with van der Waals surface area (Å²) in [4.78, 5) is 0. The van der Waals surface area contributed by atoms with Gasteiger partial charge in [0.1, 0.15) is 5.15 Å². The lowest BCUT2D eigenvalue weighted by atomic mass is 10.3. The smallest absolute Gasteiger partial charge is 0.153 e. The number of halogens is 3. The molecule has 0 N–H and O–H groups in total. The van der Waals surface area contributed by atoms with Crippen LogP contribution in [-0.4, -0.2) is 9.78 Å². The summed E-state index contributed by atoms with van der Waals surface area (Å²) in [7, 11) is 0. The molecule has 72 valence electrons. The number of rotatable bonds is 1. The number of nitrogens with zero attached hydrogens (tertiary/aromatic N) is 2. The number of benzene rings is 1. The first-order valence-electron chi connectivity index (χ1n) is 3.84. The third-order valence-electron chi connectivity index (χ3n) is 1.71. The first kappa shape index (κ1) is 10.0. The van der Waals surface area contributed by atoms with E-state index in [0.29, 0.717) is 10.3 Å². The first-order valence-corrected chi connectivity index (χ1v) is 5.39. The third kappa shape index (κ3) is 1.95. The van der Waals surface area contributed by atoms with Crippen molar-refractivity contribution in [3.63, 3.8) is 0 Å². The van der Waals surface area contributed by atoms with E-state index in [-0.39, 0.29) is 0 Å². The predicted molar refractivity (Wildman–Crippen MR) is 61.3 cm³/mol. The van der Waals surface area contributed by atoms with Gasteiger partial charge in [-0.05, 0) is 24.3 Å². The minimum atomic E-state index is 0.387. The molecule has 5 heteroatoms. The lowest BCUT2D eigenvalue weighted by Crippen LogP contribution is -1.95. The molecule has 0 fully saturated rings. The SMILES string of the molecule is Clc1cc(Cl)n(-c2ccc(Br)cc2)n1. The molecule has 2 rings (SSSR count). The Morgan fingerprint density at radius 2 is 1.79 bits per heavy atom. The molecule has 1 heterocycles. The highest BCUT2D eigenvalue weighted by molar-refractivity contribution is 9.10. The van der Waals surface area contributed by atoms with Gasteiger partial charge in [-0.3, -0.25) is 0 Å². The summed E-state index contributed by atoms with van der Waals surface area (Å²) >= 11 is 15.0. The van der Waals surface area contributed by atoms with Gasteiger partial charge in [-0.25, -0.2) is 4.68 Å². The van der Waals surface area contributed by atoms with E-state index in [1.54, 1.807) is 10.7 Å². The highest BCUT2D eigenvalue weighted by atomic mass is 79.9. The molecule has 0 unspecified atom stereocenters. The van der Waals surface area contributed by atoms with Crippen LogP contribution in [0.1, 0.15) is 0 Å². The number of hydrogen-bond acceptors (Lipinski definition) is 1. The maximum absolute atomic E-state index is 5.92. The van der Waals surface area contributed by atoms with Crippen LogP contribution < -0.4 is 0 Å². The molecule has 0 aliphatic rings. The summed E-state index contributed by atoms with van der Waals surface area (Å²) in [6.45, 7) is 0. The van der Waals surface area contributed by atoms with Gasteiger partial charge in [0.2, 0.25) is 0 Å². The summed E-state index contributed by atoms with van der Waals surface area (Å²) in [6, 6.07) is 9.24. The van der Waals surface area contributed by atoms with Crippen LogP contribution in [0.3, 0.4) is 0 Å². The Kier molecular flexibility index (Phi) is 2.81. The molecule has 2 aromatic rings. The fourth-order valence-corrected chi connectivity index (χ4v) is 1.83. The molecule has 1 aromatic carbocycles. The Bertz CT molecular complexity index is 450. The highest BCUT2D eigenvalue weighted by Crippen LogP contribution is 2.21. The Morgan fingerprint density at radius 1 is 1.14 bits per heavy atom. The van der Waals surface area contributed by atoms with Crippen LogP contribution in [0, 0.1) is 0 Å². The largest absolute Gasteiger partial charge is 0.221 e. The van der Waals surface area contributed by atoms with Crippen molar-refractivity contribution in [2.24, 2.45) is 0 Å². The molecule has 0 atom stereocenters. The van der Waals surface area contributed by atoms with Gasteiger partial charge in [-0.1, -0.05) is 39.1 Å². The fourth-order valence-electron chi connectivity index (χ4n) is 1.09. The minimum Gasteiger partial charge on any atom is -0.221 e. The van der Waals surface area contributed by atoms with Crippen LogP contribution in [0.15, 0.2) is 34.8 Å². The molecule has 0 bridgehead atoms. The zero-order valence-electron chi connectivity index (χ0n) is 6.92. The van der Waals surface area contributed by atoms with E-state index in [1.807, 2.05) is 24.3 Å². The van der Waals surface area contributed by atoms with Gasteiger partial charge in [-0.2, -0.15) is 5.10 Å². The molecule has 0 aliphatic heterocycles. The Balaban J connectivity index is 2.49. The minimum absolute atomic E-state index is 0.387. The van der Waals surface area contributed by atoms with Crippen molar-refractivity contribution in [3.05, 3.63) is 45.1 Å². The quantitative estimate of drug-likeness (QED) is 0.778. The topological polar surface area (TPSA) is 17.8 Å². The van der Waals surface area contributed by atoms with Crippen LogP contribution in [-0.2, 0) is 0 Å². The number of hydrogen-bond donors (Lipinski definition) is 0. The van der Waals surface area contributed by atoms with E-state index < -0.39 is 0 Å². The Labute approximate surface area is 99.6 Å². The standard InChI is InChI=1S/C9H5BrCl2N2/c10-6-1-3-7(4-2-6)14-9(12)5-8(11)13-14/h1-5H. The molecule has 2 nitrogen and oxygen atoms in total. The Hall–Kier alpha value is -0.510. The van der Waals surface area contributed by atoms with Gasteiger partial charge in [0.05, 0.1) is 5.69 Å². The molecule has 0 saturated heterocycles. The van der Waals surface area contributed by atoms with Crippen molar-refractivity contribution in [3.8, 4) is 5.69 Å². The molecular formula is C9H5BrCl2N2. The predicted octanol–water partition coefficient (Wildman–Crippen LogP) is 3.94. The van der Waals surface area contributed by atoms with Crippen molar-refractivity contribution in [1.29, 1.82) is 0 Å². The zero-order valence-corrected chi connectivity index (χ0v) is 10.0. The molecule has 0 radical (unpaired) electrons. The van der Waals surface area contributed by atoms with Crippen molar-refractivity contribution in [2.45, 2.75) is 0 Å². The molecule has 0 saturated carbocycles. The summed E-state index contributed by atoms with van der Waals surface area (Å²) in [5, 5.41) is 4.93. The lowest BCUT2D eigenvalue weighted by Gasteiger charge is -2.01. The van der Waals surface area contributed by atoms with Gasteiger partial charge in [0, 0.05) is 10.5 Å². The summed E-state index contributed by atoms with van der Waals surface area (Å²) in [5.74, 6) is 0. The van der Waals surface area contributed by atoms with E-state index in [2.05, 4.69) is 21.0 Å². The average Bonchev–Trinajstić information content (AvgIpc) is 2.47. The second-order valence-electron chi connectivity index (χ2n) is 2.68. The van der Waals surface area contributed by atoms with E-state index >= 15 is 0 Å². The van der Waals surface area contributed by atoms with Crippen LogP contribution >= 0.6 is 39.1 Å². The highest BCUT2D eigenvalue weighted by Gasteiger charge is 2.05. The van der Waals surface area contributed by atoms with Crippen molar-refractivity contribution in [1.82, 2.24) is 9.78 Å². The molecule has 0 spiro atoms. The summed E-state index contributed by atoms with van der Waals surface area (Å²) in [6.07, 6.45) is 0. The van der Waals surface area contributed by atoms with Gasteiger partial charge in [0.15, 0.2) is 5.15 Å². The lowest BCUT2D eigenvalue weighted by molar-refractivity contribution is 0.881. The van der Waals surface area contributed by atoms with Gasteiger partial charge >= 0.3 is 0 Å². The zero-order chi connectivity index (χ0) is 10.1. The number of aromatic nitrogens is 2. The van der Waals surface area contributed by atoms with E-state index in [4.69, 9.17) is 23.2 Å². The van der Waals surface area contributed by atoms with E-state index in [0.717, 1.165) is 10.2 Å². The fraction of sp³-hybridized carbons (Fsp3) is 0. The van der Waals surface area contributed by atoms with Crippen molar-refractivity contribution < 1.29 is 0 Å². The third-order valence-corrected chi connectivity index (χ3v) is 2.69. The van der Waals surface area contributed by atoms with Crippen LogP contribution in [0.2, 0.25) is 10.3 Å². The molecule has 14 heavy (non-hydrogen) atoms. The van der Waals surface area contributed by atoms with Crippen LogP contribution in [0.25, 0.3) is 5.69 Å². The molecular weight excluding hydrogens is 287 g/mol. The first-order chi connectivity index (χ1) is 6.66. The van der Waals surface area contributed by atoms with Crippen molar-refractivity contribution >= 4 is 39.1 Å². The van der Waals surface area contributed by atoms with Crippen LogP contribution in [0.4, 0.5) is 0 Å². The van der Waals surface area contributed by atoms with Crippen molar-refractivity contribution in [2.75, 3.05) is 0 Å². The van der Waals surface area contributed by atoms with E-state index in [1.165, 1.54) is 0 Å². The molecule has 0 amide bonds. The molecule has 1 aromatic heterocycles. The second kappa shape index (κ2) is 3.93. The Morgan fingerprint density at radius 3 is 2.29 bits per heavy atom. The summed E-state index contributed by atoms with van der Waals surface area (Å²) < 4.78 is 2.59. The normalized spacial score (nSPS) is 10.5. The average molecular weight is 292 g/mol. The second-order valence-corrected chi connectivity index (χ2v) is 4.37. The van der Waals surface area contributed by atoms with Crippen LogP contribution in [0.5, 0.6) is 0 Å². The van der Waals surface area contributed by atoms with E-state index in [9.17, 15) is 0 Å². The monoisotopic (exact) mass is 290 g/mol. The molecule has 0 aliphatic carbocycles.